The number of rotatable bonds is 4. The molecule has 1 atom stereocenters. The Labute approximate surface area is 241 Å². The molecule has 5 aromatic rings. The van der Waals surface area contributed by atoms with Gasteiger partial charge in [0.2, 0.25) is 5.66 Å². The van der Waals surface area contributed by atoms with Gasteiger partial charge in [0.25, 0.3) is 21.8 Å². The normalized spacial score (nSPS) is 17.9. The van der Waals surface area contributed by atoms with Crippen LogP contribution in [0.3, 0.4) is 0 Å². The standard InChI is InChI=1S/C31H23ClN4O4S/c1-19-10-13-23(14-11-19)41(39,40)36-22(17-20-16-21(32)12-15-27(20)36)18-35-28-9-5-3-7-25(28)31(30(35)38)33-26-8-4-2-6-24(26)29(37)34-31/h2-17,33H,18H2,1H3,(H,34,37). The molecule has 1 aromatic heterocycles. The number of aryl methyl sites for hydroxylation is 1. The fourth-order valence-corrected chi connectivity index (χ4v) is 7.42. The van der Waals surface area contributed by atoms with Crippen molar-refractivity contribution in [2.45, 2.75) is 24.0 Å². The lowest BCUT2D eigenvalue weighted by molar-refractivity contribution is -0.123. The van der Waals surface area contributed by atoms with Crippen molar-refractivity contribution in [3.05, 3.63) is 124 Å². The maximum atomic E-state index is 14.3. The third-order valence-corrected chi connectivity index (χ3v) is 9.65. The molecule has 204 valence electrons. The van der Waals surface area contributed by atoms with Crippen molar-refractivity contribution in [3.8, 4) is 0 Å². The van der Waals surface area contributed by atoms with Gasteiger partial charge in [-0.2, -0.15) is 0 Å². The first kappa shape index (κ1) is 25.4. The van der Waals surface area contributed by atoms with E-state index in [0.29, 0.717) is 44.1 Å². The molecule has 10 heteroatoms. The fraction of sp³-hybridized carbons (Fsp3) is 0.0968. The number of fused-ring (bicyclic) bond motifs is 4. The first-order valence-corrected chi connectivity index (χ1v) is 14.7. The van der Waals surface area contributed by atoms with Gasteiger partial charge in [0.05, 0.1) is 33.9 Å². The summed E-state index contributed by atoms with van der Waals surface area (Å²) >= 11 is 6.27. The molecular weight excluding hydrogens is 560 g/mol. The van der Waals surface area contributed by atoms with Crippen LogP contribution in [0.25, 0.3) is 10.9 Å². The van der Waals surface area contributed by atoms with Gasteiger partial charge in [-0.15, -0.1) is 0 Å². The molecule has 7 rings (SSSR count). The molecule has 2 aliphatic rings. The second-order valence-corrected chi connectivity index (χ2v) is 12.4. The summed E-state index contributed by atoms with van der Waals surface area (Å²) in [7, 11) is -4.05. The molecule has 0 bridgehead atoms. The highest BCUT2D eigenvalue weighted by molar-refractivity contribution is 7.90. The average molecular weight is 583 g/mol. The summed E-state index contributed by atoms with van der Waals surface area (Å²) in [6, 6.07) is 27.5. The number of benzene rings is 4. The topological polar surface area (TPSA) is 101 Å². The minimum absolute atomic E-state index is 0.0752. The van der Waals surface area contributed by atoms with Crippen molar-refractivity contribution in [2.24, 2.45) is 0 Å². The molecule has 41 heavy (non-hydrogen) atoms. The third kappa shape index (κ3) is 3.77. The third-order valence-electron chi connectivity index (χ3n) is 7.63. The van der Waals surface area contributed by atoms with Crippen LogP contribution >= 0.6 is 11.6 Å². The minimum Gasteiger partial charge on any atom is -0.350 e. The molecule has 2 amide bonds. The number of carbonyl (C=O) groups is 2. The minimum atomic E-state index is -4.05. The van der Waals surface area contributed by atoms with Gasteiger partial charge in [-0.1, -0.05) is 59.6 Å². The summed E-state index contributed by atoms with van der Waals surface area (Å²) in [4.78, 5) is 29.1. The van der Waals surface area contributed by atoms with Crippen LogP contribution in [-0.2, 0) is 27.0 Å². The average Bonchev–Trinajstić information content (AvgIpc) is 3.42. The number of carbonyl (C=O) groups excluding carboxylic acids is 2. The van der Waals surface area contributed by atoms with E-state index in [1.54, 1.807) is 97.1 Å². The Morgan fingerprint density at radius 1 is 0.854 bits per heavy atom. The van der Waals surface area contributed by atoms with Crippen LogP contribution < -0.4 is 15.5 Å². The predicted octanol–water partition coefficient (Wildman–Crippen LogP) is 5.40. The molecule has 1 spiro atoms. The molecule has 2 N–H and O–H groups in total. The van der Waals surface area contributed by atoms with Gasteiger partial charge < -0.3 is 15.5 Å². The number of hydrogen-bond acceptors (Lipinski definition) is 5. The van der Waals surface area contributed by atoms with Gasteiger partial charge in [-0.05, 0) is 61.5 Å². The van der Waals surface area contributed by atoms with Gasteiger partial charge in [0.15, 0.2) is 0 Å². The maximum Gasteiger partial charge on any atom is 0.278 e. The van der Waals surface area contributed by atoms with Crippen molar-refractivity contribution in [1.29, 1.82) is 0 Å². The highest BCUT2D eigenvalue weighted by atomic mass is 35.5. The Balaban J connectivity index is 1.38. The van der Waals surface area contributed by atoms with E-state index >= 15 is 0 Å². The number of para-hydroxylation sites is 2. The van der Waals surface area contributed by atoms with Gasteiger partial charge in [-0.25, -0.2) is 12.4 Å². The quantitative estimate of drug-likeness (QED) is 0.296. The van der Waals surface area contributed by atoms with Gasteiger partial charge in [-0.3, -0.25) is 9.59 Å². The number of hydrogen-bond donors (Lipinski definition) is 2. The SMILES string of the molecule is Cc1ccc(S(=O)(=O)n2c(CN3C(=O)C4(NC(=O)c5ccccc5N4)c4ccccc43)cc3cc(Cl)ccc32)cc1. The van der Waals surface area contributed by atoms with E-state index in [-0.39, 0.29) is 17.3 Å². The van der Waals surface area contributed by atoms with Crippen LogP contribution in [0.15, 0.2) is 102 Å². The molecule has 3 heterocycles. The molecule has 0 fully saturated rings. The lowest BCUT2D eigenvalue weighted by atomic mass is 9.96. The second-order valence-electron chi connectivity index (χ2n) is 10.2. The summed E-state index contributed by atoms with van der Waals surface area (Å²) < 4.78 is 29.4. The van der Waals surface area contributed by atoms with Crippen molar-refractivity contribution < 1.29 is 18.0 Å². The van der Waals surface area contributed by atoms with E-state index in [1.807, 2.05) is 6.92 Å². The fourth-order valence-electron chi connectivity index (χ4n) is 5.70. The Morgan fingerprint density at radius 3 is 2.39 bits per heavy atom. The van der Waals surface area contributed by atoms with Crippen molar-refractivity contribution in [1.82, 2.24) is 9.29 Å². The first-order chi connectivity index (χ1) is 19.7. The summed E-state index contributed by atoms with van der Waals surface area (Å²) in [6.07, 6.45) is 0. The number of halogens is 1. The van der Waals surface area contributed by atoms with Crippen LogP contribution in [0.5, 0.6) is 0 Å². The largest absolute Gasteiger partial charge is 0.350 e. The highest BCUT2D eigenvalue weighted by Gasteiger charge is 2.54. The summed E-state index contributed by atoms with van der Waals surface area (Å²) in [5.74, 6) is -0.806. The maximum absolute atomic E-state index is 14.3. The number of nitrogens with zero attached hydrogens (tertiary/aromatic N) is 2. The zero-order chi connectivity index (χ0) is 28.5. The molecular formula is C31H23ClN4O4S. The lowest BCUT2D eigenvalue weighted by Crippen LogP contribution is -2.60. The van der Waals surface area contributed by atoms with E-state index in [0.717, 1.165) is 5.56 Å². The summed E-state index contributed by atoms with van der Waals surface area (Å²) in [5, 5.41) is 7.25. The number of aromatic nitrogens is 1. The number of anilines is 2. The Bertz CT molecular complexity index is 2020. The smallest absolute Gasteiger partial charge is 0.278 e. The van der Waals surface area contributed by atoms with Crippen molar-refractivity contribution in [2.75, 3.05) is 10.2 Å². The second kappa shape index (κ2) is 8.95. The molecule has 2 aliphatic heterocycles. The van der Waals surface area contributed by atoms with E-state index in [4.69, 9.17) is 11.6 Å². The Morgan fingerprint density at radius 2 is 1.59 bits per heavy atom. The van der Waals surface area contributed by atoms with Crippen molar-refractivity contribution >= 4 is 55.7 Å². The molecule has 0 aliphatic carbocycles. The zero-order valence-electron chi connectivity index (χ0n) is 21.8. The van der Waals surface area contributed by atoms with E-state index in [9.17, 15) is 18.0 Å². The van der Waals surface area contributed by atoms with Gasteiger partial charge in [0.1, 0.15) is 0 Å². The summed E-state index contributed by atoms with van der Waals surface area (Å²) in [6.45, 7) is 1.81. The van der Waals surface area contributed by atoms with Crippen LogP contribution in [0.1, 0.15) is 27.2 Å². The van der Waals surface area contributed by atoms with Crippen LogP contribution in [0.4, 0.5) is 11.4 Å². The monoisotopic (exact) mass is 582 g/mol. The lowest BCUT2D eigenvalue weighted by Gasteiger charge is -2.36. The van der Waals surface area contributed by atoms with Gasteiger partial charge in [0, 0.05) is 21.7 Å². The van der Waals surface area contributed by atoms with E-state index in [1.165, 1.54) is 8.87 Å². The van der Waals surface area contributed by atoms with E-state index < -0.39 is 21.6 Å². The number of amides is 2. The first-order valence-electron chi connectivity index (χ1n) is 12.9. The Hall–Kier alpha value is -4.60. The highest BCUT2D eigenvalue weighted by Crippen LogP contribution is 2.44. The molecule has 0 saturated carbocycles. The van der Waals surface area contributed by atoms with Crippen LogP contribution in [0, 0.1) is 6.92 Å². The summed E-state index contributed by atoms with van der Waals surface area (Å²) in [5.41, 5.74) is 2.30. The zero-order valence-corrected chi connectivity index (χ0v) is 23.3. The molecule has 0 radical (unpaired) electrons. The van der Waals surface area contributed by atoms with Crippen molar-refractivity contribution in [3.63, 3.8) is 0 Å². The van der Waals surface area contributed by atoms with Gasteiger partial charge >= 0.3 is 0 Å². The molecule has 1 unspecified atom stereocenters. The molecule has 4 aromatic carbocycles. The Kier molecular flexibility index (Phi) is 5.54. The molecule has 0 saturated heterocycles. The molecule has 8 nitrogen and oxygen atoms in total. The number of nitrogens with one attached hydrogen (secondary N) is 2. The predicted molar refractivity (Wildman–Crippen MR) is 158 cm³/mol. The van der Waals surface area contributed by atoms with Crippen LogP contribution in [-0.4, -0.2) is 24.2 Å². The van der Waals surface area contributed by atoms with E-state index in [2.05, 4.69) is 10.6 Å². The van der Waals surface area contributed by atoms with Crippen LogP contribution in [0.2, 0.25) is 5.02 Å².